The van der Waals surface area contributed by atoms with Gasteiger partial charge in [0.1, 0.15) is 5.76 Å². The minimum Gasteiger partial charge on any atom is -0.493 e. The van der Waals surface area contributed by atoms with Gasteiger partial charge in [0.15, 0.2) is 11.3 Å². The van der Waals surface area contributed by atoms with Crippen molar-refractivity contribution >= 4 is 16.7 Å². The maximum atomic E-state index is 5.87. The number of hydrogen-bond donors (Lipinski definition) is 1. The number of anilines is 1. The van der Waals surface area contributed by atoms with Crippen LogP contribution in [-0.2, 0) is 13.0 Å². The van der Waals surface area contributed by atoms with Crippen molar-refractivity contribution in [2.45, 2.75) is 19.9 Å². The number of hydrogen-bond acceptors (Lipinski definition) is 3. The molecule has 0 aliphatic carbocycles. The molecule has 0 fully saturated rings. The molecular formula is C18H19NO2. The summed E-state index contributed by atoms with van der Waals surface area (Å²) in [6.07, 6.45) is 1.06. The number of rotatable bonds is 5. The minimum absolute atomic E-state index is 0.656. The Labute approximate surface area is 124 Å². The summed E-state index contributed by atoms with van der Waals surface area (Å²) in [5.74, 6) is 1.67. The molecule has 0 amide bonds. The van der Waals surface area contributed by atoms with Crippen LogP contribution in [0.4, 0.5) is 5.69 Å². The summed E-state index contributed by atoms with van der Waals surface area (Å²) in [5, 5.41) is 4.44. The topological polar surface area (TPSA) is 34.4 Å². The fourth-order valence-electron chi connectivity index (χ4n) is 2.39. The Morgan fingerprint density at radius 1 is 1.10 bits per heavy atom. The standard InChI is InChI=1S/C18H19NO2/c1-3-13-7-9-15(10-8-13)19-12-16-11-14-5-4-6-17(20-2)18(14)21-16/h4-11,19H,3,12H2,1-2H3. The first-order valence-electron chi connectivity index (χ1n) is 7.18. The van der Waals surface area contributed by atoms with E-state index in [0.717, 1.165) is 34.6 Å². The zero-order valence-corrected chi connectivity index (χ0v) is 12.3. The molecule has 1 aromatic heterocycles. The van der Waals surface area contributed by atoms with E-state index in [1.165, 1.54) is 5.56 Å². The normalized spacial score (nSPS) is 10.8. The van der Waals surface area contributed by atoms with Gasteiger partial charge < -0.3 is 14.5 Å². The van der Waals surface area contributed by atoms with E-state index < -0.39 is 0 Å². The van der Waals surface area contributed by atoms with Crippen LogP contribution in [0.1, 0.15) is 18.2 Å². The second kappa shape index (κ2) is 5.92. The number of furan rings is 1. The van der Waals surface area contributed by atoms with Crippen molar-refractivity contribution < 1.29 is 9.15 Å². The Morgan fingerprint density at radius 2 is 1.90 bits per heavy atom. The zero-order valence-electron chi connectivity index (χ0n) is 12.3. The van der Waals surface area contributed by atoms with Crippen molar-refractivity contribution in [3.05, 3.63) is 59.9 Å². The van der Waals surface area contributed by atoms with E-state index in [1.807, 2.05) is 24.3 Å². The lowest BCUT2D eigenvalue weighted by Crippen LogP contribution is -1.97. The molecule has 1 N–H and O–H groups in total. The van der Waals surface area contributed by atoms with Crippen molar-refractivity contribution in [3.63, 3.8) is 0 Å². The number of fused-ring (bicyclic) bond motifs is 1. The molecule has 0 bridgehead atoms. The van der Waals surface area contributed by atoms with E-state index in [4.69, 9.17) is 9.15 Å². The lowest BCUT2D eigenvalue weighted by Gasteiger charge is -2.05. The molecule has 3 rings (SSSR count). The predicted octanol–water partition coefficient (Wildman–Crippen LogP) is 4.62. The molecule has 0 unspecified atom stereocenters. The van der Waals surface area contributed by atoms with Crippen molar-refractivity contribution in [1.29, 1.82) is 0 Å². The monoisotopic (exact) mass is 281 g/mol. The largest absolute Gasteiger partial charge is 0.493 e. The third kappa shape index (κ3) is 2.87. The summed E-state index contributed by atoms with van der Waals surface area (Å²) in [5.41, 5.74) is 3.24. The predicted molar refractivity (Wildman–Crippen MR) is 85.9 cm³/mol. The van der Waals surface area contributed by atoms with Crippen molar-refractivity contribution in [2.24, 2.45) is 0 Å². The SMILES string of the molecule is CCc1ccc(NCc2cc3cccc(OC)c3o2)cc1. The summed E-state index contributed by atoms with van der Waals surface area (Å²) in [6.45, 7) is 2.81. The Hall–Kier alpha value is -2.42. The number of ether oxygens (including phenoxy) is 1. The smallest absolute Gasteiger partial charge is 0.176 e. The molecule has 2 aromatic carbocycles. The van der Waals surface area contributed by atoms with Crippen LogP contribution in [0.25, 0.3) is 11.0 Å². The average molecular weight is 281 g/mol. The van der Waals surface area contributed by atoms with Crippen molar-refractivity contribution in [3.8, 4) is 5.75 Å². The van der Waals surface area contributed by atoms with Crippen LogP contribution in [0, 0.1) is 0 Å². The fourth-order valence-corrected chi connectivity index (χ4v) is 2.39. The fraction of sp³-hybridized carbons (Fsp3) is 0.222. The highest BCUT2D eigenvalue weighted by Gasteiger charge is 2.08. The van der Waals surface area contributed by atoms with Gasteiger partial charge in [0.2, 0.25) is 0 Å². The van der Waals surface area contributed by atoms with Crippen LogP contribution < -0.4 is 10.1 Å². The first-order valence-corrected chi connectivity index (χ1v) is 7.18. The molecule has 1 heterocycles. The molecule has 0 radical (unpaired) electrons. The molecule has 0 aliphatic heterocycles. The van der Waals surface area contributed by atoms with E-state index in [9.17, 15) is 0 Å². The van der Waals surface area contributed by atoms with E-state index in [0.29, 0.717) is 6.54 Å². The maximum absolute atomic E-state index is 5.87. The highest BCUT2D eigenvalue weighted by Crippen LogP contribution is 2.28. The molecule has 0 saturated carbocycles. The van der Waals surface area contributed by atoms with E-state index in [1.54, 1.807) is 7.11 Å². The van der Waals surface area contributed by atoms with E-state index >= 15 is 0 Å². The number of methoxy groups -OCH3 is 1. The van der Waals surface area contributed by atoms with Crippen LogP contribution in [0.3, 0.4) is 0 Å². The number of aryl methyl sites for hydroxylation is 1. The van der Waals surface area contributed by atoms with Crippen molar-refractivity contribution in [1.82, 2.24) is 0 Å². The van der Waals surface area contributed by atoms with Gasteiger partial charge in [-0.05, 0) is 36.2 Å². The Morgan fingerprint density at radius 3 is 2.62 bits per heavy atom. The zero-order chi connectivity index (χ0) is 14.7. The lowest BCUT2D eigenvalue weighted by atomic mass is 10.1. The Balaban J connectivity index is 1.75. The van der Waals surface area contributed by atoms with Gasteiger partial charge in [-0.1, -0.05) is 31.2 Å². The van der Waals surface area contributed by atoms with Crippen molar-refractivity contribution in [2.75, 3.05) is 12.4 Å². The van der Waals surface area contributed by atoms with Gasteiger partial charge in [-0.3, -0.25) is 0 Å². The van der Waals surface area contributed by atoms with Gasteiger partial charge in [-0.15, -0.1) is 0 Å². The van der Waals surface area contributed by atoms with E-state index in [2.05, 4.69) is 36.5 Å². The van der Waals surface area contributed by atoms with E-state index in [-0.39, 0.29) is 0 Å². The Bertz CT molecular complexity index is 729. The molecule has 0 saturated heterocycles. The average Bonchev–Trinajstić information content (AvgIpc) is 2.96. The second-order valence-corrected chi connectivity index (χ2v) is 5.00. The summed E-state index contributed by atoms with van der Waals surface area (Å²) in [4.78, 5) is 0. The van der Waals surface area contributed by atoms with Gasteiger partial charge >= 0.3 is 0 Å². The third-order valence-electron chi connectivity index (χ3n) is 3.61. The third-order valence-corrected chi connectivity index (χ3v) is 3.61. The first kappa shape index (κ1) is 13.6. The molecule has 3 nitrogen and oxygen atoms in total. The first-order chi connectivity index (χ1) is 10.3. The van der Waals surface area contributed by atoms with Gasteiger partial charge in [0.25, 0.3) is 0 Å². The minimum atomic E-state index is 0.656. The quantitative estimate of drug-likeness (QED) is 0.741. The van der Waals surface area contributed by atoms with Gasteiger partial charge in [-0.2, -0.15) is 0 Å². The van der Waals surface area contributed by atoms with Gasteiger partial charge in [-0.25, -0.2) is 0 Å². The summed E-state index contributed by atoms with van der Waals surface area (Å²) >= 11 is 0. The number of benzene rings is 2. The maximum Gasteiger partial charge on any atom is 0.176 e. The summed E-state index contributed by atoms with van der Waals surface area (Å²) < 4.78 is 11.2. The number of nitrogens with one attached hydrogen (secondary N) is 1. The highest BCUT2D eigenvalue weighted by molar-refractivity contribution is 5.83. The molecule has 0 atom stereocenters. The summed E-state index contributed by atoms with van der Waals surface area (Å²) in [6, 6.07) is 16.4. The molecule has 0 aliphatic rings. The summed E-state index contributed by atoms with van der Waals surface area (Å²) in [7, 11) is 1.66. The second-order valence-electron chi connectivity index (χ2n) is 5.00. The molecule has 3 aromatic rings. The highest BCUT2D eigenvalue weighted by atomic mass is 16.5. The van der Waals surface area contributed by atoms with Gasteiger partial charge in [0.05, 0.1) is 13.7 Å². The van der Waals surface area contributed by atoms with Crippen LogP contribution in [0.2, 0.25) is 0 Å². The van der Waals surface area contributed by atoms with Crippen LogP contribution in [0.15, 0.2) is 52.9 Å². The van der Waals surface area contributed by atoms with Crippen LogP contribution in [-0.4, -0.2) is 7.11 Å². The van der Waals surface area contributed by atoms with Gasteiger partial charge in [0, 0.05) is 11.1 Å². The molecular weight excluding hydrogens is 262 g/mol. The molecule has 0 spiro atoms. The lowest BCUT2D eigenvalue weighted by molar-refractivity contribution is 0.408. The molecule has 3 heteroatoms. The van der Waals surface area contributed by atoms with Crippen LogP contribution >= 0.6 is 0 Å². The number of para-hydroxylation sites is 1. The Kier molecular flexibility index (Phi) is 3.82. The van der Waals surface area contributed by atoms with Crippen LogP contribution in [0.5, 0.6) is 5.75 Å². The molecule has 108 valence electrons. The molecule has 21 heavy (non-hydrogen) atoms.